The third-order valence-corrected chi connectivity index (χ3v) is 4.34. The van der Waals surface area contributed by atoms with E-state index in [0.29, 0.717) is 12.2 Å². The molecule has 0 saturated carbocycles. The van der Waals surface area contributed by atoms with Crippen molar-refractivity contribution in [1.29, 1.82) is 0 Å². The third-order valence-electron chi connectivity index (χ3n) is 4.34. The normalized spacial score (nSPS) is 10.3. The molecule has 0 fully saturated rings. The van der Waals surface area contributed by atoms with E-state index in [0.717, 1.165) is 18.9 Å². The molecule has 0 atom stereocenters. The number of aryl methyl sites for hydroxylation is 1. The fraction of sp³-hybridized carbons (Fsp3) is 0.136. The molecule has 3 aromatic rings. The Morgan fingerprint density at radius 2 is 1.73 bits per heavy atom. The molecule has 30 heavy (non-hydrogen) atoms. The summed E-state index contributed by atoms with van der Waals surface area (Å²) in [6.45, 7) is 0.533. The third kappa shape index (κ3) is 5.48. The van der Waals surface area contributed by atoms with E-state index in [9.17, 15) is 19.7 Å². The topological polar surface area (TPSA) is 111 Å². The van der Waals surface area contributed by atoms with Gasteiger partial charge in [0.25, 0.3) is 5.69 Å². The van der Waals surface area contributed by atoms with Gasteiger partial charge < -0.3 is 10.1 Å². The van der Waals surface area contributed by atoms with Gasteiger partial charge in [-0.25, -0.2) is 9.59 Å². The smallest absolute Gasteiger partial charge is 0.348 e. The van der Waals surface area contributed by atoms with E-state index in [1.54, 1.807) is 0 Å². The maximum absolute atomic E-state index is 12.6. The molecule has 152 valence electrons. The molecule has 1 aromatic heterocycles. The summed E-state index contributed by atoms with van der Waals surface area (Å²) < 4.78 is 4.91. The van der Waals surface area contributed by atoms with Gasteiger partial charge in [0.1, 0.15) is 0 Å². The van der Waals surface area contributed by atoms with E-state index in [2.05, 4.69) is 10.3 Å². The molecule has 0 unspecified atom stereocenters. The van der Waals surface area contributed by atoms with Crippen molar-refractivity contribution in [2.24, 2.45) is 0 Å². The summed E-state index contributed by atoms with van der Waals surface area (Å²) in [5.74, 6) is -1.82. The number of carbonyl (C=O) groups is 2. The standard InChI is InChI=1S/C22H19N3O5/c26-21(17-10-13-23-14-11-17)30-22(27)19-15-18(25(28)29)8-9-20(19)24-12-4-7-16-5-2-1-3-6-16/h1-3,5-6,8-11,13-15,24H,4,7,12H2. The highest BCUT2D eigenvalue weighted by molar-refractivity contribution is 6.05. The molecule has 1 heterocycles. The maximum Gasteiger partial charge on any atom is 0.348 e. The molecule has 0 bridgehead atoms. The number of carbonyl (C=O) groups excluding carboxylic acids is 2. The van der Waals surface area contributed by atoms with Gasteiger partial charge in [0, 0.05) is 36.8 Å². The van der Waals surface area contributed by atoms with Crippen LogP contribution in [0.1, 0.15) is 32.7 Å². The van der Waals surface area contributed by atoms with E-state index >= 15 is 0 Å². The molecule has 0 radical (unpaired) electrons. The summed E-state index contributed by atoms with van der Waals surface area (Å²) in [5, 5.41) is 14.2. The molecular formula is C22H19N3O5. The first-order valence-corrected chi connectivity index (χ1v) is 9.27. The lowest BCUT2D eigenvalue weighted by molar-refractivity contribution is -0.384. The van der Waals surface area contributed by atoms with Crippen molar-refractivity contribution >= 4 is 23.3 Å². The summed E-state index contributed by atoms with van der Waals surface area (Å²) in [6.07, 6.45) is 4.41. The first-order chi connectivity index (χ1) is 14.5. The first-order valence-electron chi connectivity index (χ1n) is 9.27. The largest absolute Gasteiger partial charge is 0.386 e. The Kier molecular flexibility index (Phi) is 6.83. The van der Waals surface area contributed by atoms with E-state index in [1.807, 2.05) is 30.3 Å². The minimum Gasteiger partial charge on any atom is -0.386 e. The van der Waals surface area contributed by atoms with E-state index in [4.69, 9.17) is 4.74 Å². The zero-order chi connectivity index (χ0) is 21.3. The van der Waals surface area contributed by atoms with Crippen LogP contribution in [0.5, 0.6) is 0 Å². The number of non-ortho nitro benzene ring substituents is 1. The Hall–Kier alpha value is -4.07. The SMILES string of the molecule is O=C(OC(=O)c1cc([N+](=O)[O-])ccc1NCCCc1ccccc1)c1ccncc1. The van der Waals surface area contributed by atoms with Crippen LogP contribution in [0.25, 0.3) is 0 Å². The van der Waals surface area contributed by atoms with Crippen LogP contribution in [0.15, 0.2) is 73.1 Å². The number of rotatable bonds is 8. The lowest BCUT2D eigenvalue weighted by Gasteiger charge is -2.11. The molecule has 0 aliphatic carbocycles. The zero-order valence-electron chi connectivity index (χ0n) is 16.0. The van der Waals surface area contributed by atoms with E-state index < -0.39 is 16.9 Å². The Morgan fingerprint density at radius 1 is 1.00 bits per heavy atom. The zero-order valence-corrected chi connectivity index (χ0v) is 16.0. The van der Waals surface area contributed by atoms with Crippen molar-refractivity contribution in [2.45, 2.75) is 12.8 Å². The van der Waals surface area contributed by atoms with Gasteiger partial charge in [0.15, 0.2) is 0 Å². The van der Waals surface area contributed by atoms with Crippen LogP contribution in [0.3, 0.4) is 0 Å². The van der Waals surface area contributed by atoms with E-state index in [-0.39, 0.29) is 16.8 Å². The van der Waals surface area contributed by atoms with Gasteiger partial charge in [-0.05, 0) is 36.6 Å². The van der Waals surface area contributed by atoms with Crippen molar-refractivity contribution in [3.8, 4) is 0 Å². The monoisotopic (exact) mass is 405 g/mol. The Bertz CT molecular complexity index is 1040. The van der Waals surface area contributed by atoms with Gasteiger partial charge in [0.2, 0.25) is 0 Å². The van der Waals surface area contributed by atoms with Crippen LogP contribution in [-0.4, -0.2) is 28.4 Å². The fourth-order valence-corrected chi connectivity index (χ4v) is 2.82. The predicted octanol–water partition coefficient (Wildman–Crippen LogP) is 4.03. The molecule has 3 rings (SSSR count). The Morgan fingerprint density at radius 3 is 2.43 bits per heavy atom. The molecule has 0 aliphatic heterocycles. The van der Waals surface area contributed by atoms with Crippen LogP contribution in [-0.2, 0) is 11.2 Å². The molecule has 1 N–H and O–H groups in total. The number of nitrogens with one attached hydrogen (secondary N) is 1. The lowest BCUT2D eigenvalue weighted by Crippen LogP contribution is -2.16. The van der Waals surface area contributed by atoms with Crippen LogP contribution in [0.2, 0.25) is 0 Å². The Labute approximate surface area is 172 Å². The maximum atomic E-state index is 12.6. The molecule has 0 aliphatic rings. The number of aromatic nitrogens is 1. The predicted molar refractivity (Wildman–Crippen MR) is 110 cm³/mol. The number of esters is 2. The second-order valence-electron chi connectivity index (χ2n) is 6.42. The minimum absolute atomic E-state index is 0.0775. The number of anilines is 1. The summed E-state index contributed by atoms with van der Waals surface area (Å²) >= 11 is 0. The molecule has 8 heteroatoms. The number of ether oxygens (including phenoxy) is 1. The van der Waals surface area contributed by atoms with Gasteiger partial charge in [-0.2, -0.15) is 0 Å². The molecule has 0 saturated heterocycles. The number of pyridine rings is 1. The summed E-state index contributed by atoms with van der Waals surface area (Å²) in [7, 11) is 0. The highest BCUT2D eigenvalue weighted by Crippen LogP contribution is 2.23. The Balaban J connectivity index is 1.70. The van der Waals surface area contributed by atoms with Crippen LogP contribution < -0.4 is 5.32 Å². The highest BCUT2D eigenvalue weighted by atomic mass is 16.6. The van der Waals surface area contributed by atoms with Gasteiger partial charge >= 0.3 is 11.9 Å². The number of nitro benzene ring substituents is 1. The number of hydrogen-bond donors (Lipinski definition) is 1. The molecular weight excluding hydrogens is 386 g/mol. The first kappa shape index (κ1) is 20.7. The number of nitro groups is 1. The number of benzene rings is 2. The molecule has 8 nitrogen and oxygen atoms in total. The molecule has 0 amide bonds. The fourth-order valence-electron chi connectivity index (χ4n) is 2.82. The number of nitrogens with zero attached hydrogens (tertiary/aromatic N) is 2. The van der Waals surface area contributed by atoms with E-state index in [1.165, 1.54) is 42.2 Å². The molecule has 2 aromatic carbocycles. The van der Waals surface area contributed by atoms with Crippen molar-refractivity contribution in [3.05, 3.63) is 99.9 Å². The van der Waals surface area contributed by atoms with Crippen molar-refractivity contribution < 1.29 is 19.2 Å². The average Bonchev–Trinajstić information content (AvgIpc) is 2.78. The van der Waals surface area contributed by atoms with Crippen LogP contribution >= 0.6 is 0 Å². The molecule has 0 spiro atoms. The quantitative estimate of drug-likeness (QED) is 0.198. The van der Waals surface area contributed by atoms with Crippen LogP contribution in [0.4, 0.5) is 11.4 Å². The minimum atomic E-state index is -0.967. The summed E-state index contributed by atoms with van der Waals surface area (Å²) in [6, 6.07) is 16.6. The highest BCUT2D eigenvalue weighted by Gasteiger charge is 2.21. The second kappa shape index (κ2) is 9.92. The van der Waals surface area contributed by atoms with Crippen LogP contribution in [0, 0.1) is 10.1 Å². The van der Waals surface area contributed by atoms with Gasteiger partial charge in [-0.3, -0.25) is 15.1 Å². The van der Waals surface area contributed by atoms with Crippen molar-refractivity contribution in [1.82, 2.24) is 4.98 Å². The van der Waals surface area contributed by atoms with Crippen molar-refractivity contribution in [3.63, 3.8) is 0 Å². The van der Waals surface area contributed by atoms with Gasteiger partial charge in [0.05, 0.1) is 16.1 Å². The average molecular weight is 405 g/mol. The van der Waals surface area contributed by atoms with Crippen molar-refractivity contribution in [2.75, 3.05) is 11.9 Å². The summed E-state index contributed by atoms with van der Waals surface area (Å²) in [5.41, 5.74) is 1.35. The van der Waals surface area contributed by atoms with Gasteiger partial charge in [-0.15, -0.1) is 0 Å². The summed E-state index contributed by atoms with van der Waals surface area (Å²) in [4.78, 5) is 39.0. The number of hydrogen-bond acceptors (Lipinski definition) is 7. The van der Waals surface area contributed by atoms with Gasteiger partial charge in [-0.1, -0.05) is 30.3 Å². The lowest BCUT2D eigenvalue weighted by atomic mass is 10.1. The second-order valence-corrected chi connectivity index (χ2v) is 6.42.